The van der Waals surface area contributed by atoms with Crippen LogP contribution in [0, 0.1) is 11.8 Å². The minimum absolute atomic E-state index is 0.231. The Labute approximate surface area is 82.8 Å². The largest absolute Gasteiger partial charge is 0.459 e. The highest BCUT2D eigenvalue weighted by molar-refractivity contribution is 5.80. The number of allylic oxidation sites excluding steroid dienone is 1. The molecule has 0 spiro atoms. The van der Waals surface area contributed by atoms with Gasteiger partial charge in [-0.05, 0) is 32.1 Å². The van der Waals surface area contributed by atoms with Crippen LogP contribution in [0.5, 0.6) is 0 Å². The maximum atomic E-state index is 11.5. The van der Waals surface area contributed by atoms with Gasteiger partial charge in [0.15, 0.2) is 0 Å². The molecule has 2 aliphatic carbocycles. The van der Waals surface area contributed by atoms with E-state index in [0.29, 0.717) is 0 Å². The van der Waals surface area contributed by atoms with Gasteiger partial charge < -0.3 is 9.84 Å². The molecule has 0 radical (unpaired) electrons. The first-order chi connectivity index (χ1) is 6.62. The molecule has 4 atom stereocenters. The molecule has 76 valence electrons. The minimum Gasteiger partial charge on any atom is -0.459 e. The molecule has 0 unspecified atom stereocenters. The predicted octanol–water partition coefficient (Wildman–Crippen LogP) is 1.02. The van der Waals surface area contributed by atoms with Crippen molar-refractivity contribution in [1.82, 2.24) is 0 Å². The quantitative estimate of drug-likeness (QED) is 0.462. The Bertz CT molecular complexity index is 333. The highest BCUT2D eigenvalue weighted by Gasteiger charge is 2.63. The first kappa shape index (κ1) is 8.48. The van der Waals surface area contributed by atoms with Gasteiger partial charge in [0.05, 0.1) is 0 Å². The molecule has 1 heterocycles. The number of ether oxygens (including phenoxy) is 1. The molecule has 0 amide bonds. The van der Waals surface area contributed by atoms with E-state index in [9.17, 15) is 9.90 Å². The fraction of sp³-hybridized carbons (Fsp3) is 0.727. The molecule has 0 aromatic carbocycles. The number of aliphatic hydroxyl groups is 1. The van der Waals surface area contributed by atoms with Gasteiger partial charge in [-0.3, -0.25) is 4.79 Å². The molecule has 3 nitrogen and oxygen atoms in total. The van der Waals surface area contributed by atoms with E-state index in [-0.39, 0.29) is 18.0 Å². The summed E-state index contributed by atoms with van der Waals surface area (Å²) < 4.78 is 5.22. The predicted molar refractivity (Wildman–Crippen MR) is 49.4 cm³/mol. The summed E-state index contributed by atoms with van der Waals surface area (Å²) in [5.41, 5.74) is 0.334. The van der Waals surface area contributed by atoms with Gasteiger partial charge in [0.1, 0.15) is 17.6 Å². The normalized spacial score (nSPS) is 50.0. The van der Waals surface area contributed by atoms with Crippen LogP contribution in [0.2, 0.25) is 0 Å². The summed E-state index contributed by atoms with van der Waals surface area (Å²) in [5.74, 6) is -0.399. The Morgan fingerprint density at radius 2 is 2.36 bits per heavy atom. The molecular formula is C11H14O3. The molecule has 1 saturated carbocycles. The average molecular weight is 194 g/mol. The Morgan fingerprint density at radius 3 is 3.14 bits per heavy atom. The van der Waals surface area contributed by atoms with Crippen molar-refractivity contribution in [2.24, 2.45) is 11.8 Å². The van der Waals surface area contributed by atoms with Gasteiger partial charge in [0, 0.05) is 0 Å². The molecule has 2 fully saturated rings. The summed E-state index contributed by atoms with van der Waals surface area (Å²) in [6, 6.07) is 0. The van der Waals surface area contributed by atoms with Crippen LogP contribution in [-0.2, 0) is 9.53 Å². The Kier molecular flexibility index (Phi) is 1.45. The van der Waals surface area contributed by atoms with E-state index in [1.165, 1.54) is 5.57 Å². The van der Waals surface area contributed by atoms with Crippen molar-refractivity contribution in [3.63, 3.8) is 0 Å². The Morgan fingerprint density at radius 1 is 1.57 bits per heavy atom. The van der Waals surface area contributed by atoms with Crippen LogP contribution >= 0.6 is 0 Å². The second-order valence-electron chi connectivity index (χ2n) is 4.78. The zero-order valence-corrected chi connectivity index (χ0v) is 8.19. The summed E-state index contributed by atoms with van der Waals surface area (Å²) >= 11 is 0. The third-order valence-electron chi connectivity index (χ3n) is 3.98. The van der Waals surface area contributed by atoms with Gasteiger partial charge in [-0.25, -0.2) is 0 Å². The van der Waals surface area contributed by atoms with Crippen molar-refractivity contribution < 1.29 is 14.6 Å². The van der Waals surface area contributed by atoms with Gasteiger partial charge in [-0.2, -0.15) is 0 Å². The highest BCUT2D eigenvalue weighted by Crippen LogP contribution is 2.53. The van der Waals surface area contributed by atoms with Crippen molar-refractivity contribution >= 4 is 5.97 Å². The van der Waals surface area contributed by atoms with Gasteiger partial charge in [0.25, 0.3) is 0 Å². The highest BCUT2D eigenvalue weighted by atomic mass is 16.6. The summed E-state index contributed by atoms with van der Waals surface area (Å²) in [7, 11) is 0. The molecular weight excluding hydrogens is 180 g/mol. The lowest BCUT2D eigenvalue weighted by Gasteiger charge is -2.35. The van der Waals surface area contributed by atoms with Crippen LogP contribution in [0.1, 0.15) is 26.2 Å². The summed E-state index contributed by atoms with van der Waals surface area (Å²) in [5, 5.41) is 10.5. The van der Waals surface area contributed by atoms with Crippen molar-refractivity contribution in [3.05, 3.63) is 11.6 Å². The summed E-state index contributed by atoms with van der Waals surface area (Å²) in [6.45, 7) is 2.03. The van der Waals surface area contributed by atoms with Crippen LogP contribution in [0.15, 0.2) is 11.6 Å². The van der Waals surface area contributed by atoms with E-state index in [4.69, 9.17) is 4.74 Å². The first-order valence-corrected chi connectivity index (χ1v) is 5.22. The van der Waals surface area contributed by atoms with Crippen LogP contribution < -0.4 is 0 Å². The van der Waals surface area contributed by atoms with E-state index in [0.717, 1.165) is 19.3 Å². The number of rotatable bonds is 0. The standard InChI is InChI=1S/C11H14O3/c1-6-4-7-2-3-9-11(7,13)8(5-6)10(12)14-9/h5,7-9,13H,2-4H2,1H3/t7-,8-,9-,11+/m1/s1. The van der Waals surface area contributed by atoms with E-state index >= 15 is 0 Å². The smallest absolute Gasteiger partial charge is 0.316 e. The Hall–Kier alpha value is -0.830. The lowest BCUT2D eigenvalue weighted by Crippen LogP contribution is -2.47. The first-order valence-electron chi connectivity index (χ1n) is 5.22. The van der Waals surface area contributed by atoms with E-state index in [1.807, 2.05) is 13.0 Å². The van der Waals surface area contributed by atoms with Gasteiger partial charge in [0.2, 0.25) is 0 Å². The molecule has 1 N–H and O–H groups in total. The SMILES string of the molecule is CC1=C[C@@H]2C(=O)O[C@@H]3CC[C@H](C1)[C@]23O. The number of carbonyl (C=O) groups excluding carboxylic acids is 1. The summed E-state index contributed by atoms with van der Waals surface area (Å²) in [6.07, 6.45) is 4.37. The van der Waals surface area contributed by atoms with Crippen molar-refractivity contribution in [2.45, 2.75) is 37.9 Å². The molecule has 3 heteroatoms. The van der Waals surface area contributed by atoms with Crippen molar-refractivity contribution in [1.29, 1.82) is 0 Å². The average Bonchev–Trinajstić information content (AvgIpc) is 2.55. The van der Waals surface area contributed by atoms with Gasteiger partial charge in [-0.15, -0.1) is 0 Å². The molecule has 1 aliphatic heterocycles. The van der Waals surface area contributed by atoms with E-state index in [1.54, 1.807) is 0 Å². The van der Waals surface area contributed by atoms with Crippen molar-refractivity contribution in [3.8, 4) is 0 Å². The fourth-order valence-corrected chi connectivity index (χ4v) is 3.30. The molecule has 3 rings (SSSR count). The van der Waals surface area contributed by atoms with Crippen LogP contribution in [-0.4, -0.2) is 22.8 Å². The van der Waals surface area contributed by atoms with E-state index in [2.05, 4.69) is 0 Å². The van der Waals surface area contributed by atoms with Crippen LogP contribution in [0.3, 0.4) is 0 Å². The topological polar surface area (TPSA) is 46.5 Å². The lowest BCUT2D eigenvalue weighted by molar-refractivity contribution is -0.143. The monoisotopic (exact) mass is 194 g/mol. The number of hydrogen-bond acceptors (Lipinski definition) is 3. The van der Waals surface area contributed by atoms with Crippen molar-refractivity contribution in [2.75, 3.05) is 0 Å². The van der Waals surface area contributed by atoms with E-state index < -0.39 is 11.5 Å². The zero-order chi connectivity index (χ0) is 9.92. The number of esters is 1. The Balaban J connectivity index is 2.11. The lowest BCUT2D eigenvalue weighted by atomic mass is 9.72. The third-order valence-corrected chi connectivity index (χ3v) is 3.98. The minimum atomic E-state index is -0.878. The molecule has 0 bridgehead atoms. The maximum absolute atomic E-state index is 11.5. The van der Waals surface area contributed by atoms with Crippen LogP contribution in [0.4, 0.5) is 0 Å². The number of hydrogen-bond donors (Lipinski definition) is 1. The maximum Gasteiger partial charge on any atom is 0.316 e. The van der Waals surface area contributed by atoms with Gasteiger partial charge in [-0.1, -0.05) is 11.6 Å². The fourth-order valence-electron chi connectivity index (χ4n) is 3.30. The molecule has 0 aromatic heterocycles. The van der Waals surface area contributed by atoms with Gasteiger partial charge >= 0.3 is 5.97 Å². The molecule has 1 saturated heterocycles. The third kappa shape index (κ3) is 0.793. The van der Waals surface area contributed by atoms with Crippen LogP contribution in [0.25, 0.3) is 0 Å². The second kappa shape index (κ2) is 2.40. The molecule has 14 heavy (non-hydrogen) atoms. The zero-order valence-electron chi connectivity index (χ0n) is 8.19. The summed E-state index contributed by atoms with van der Waals surface area (Å²) in [4.78, 5) is 11.5. The second-order valence-corrected chi connectivity index (χ2v) is 4.78. The molecule has 3 aliphatic rings. The molecule has 0 aromatic rings. The number of carbonyl (C=O) groups is 1.